The molecule has 1 heterocycles. The first-order valence-corrected chi connectivity index (χ1v) is 13.8. The van der Waals surface area contributed by atoms with Crippen LogP contribution in [0.2, 0.25) is 5.02 Å². The molecule has 0 aliphatic heterocycles. The van der Waals surface area contributed by atoms with E-state index in [1.807, 2.05) is 25.1 Å². The fraction of sp³-hybridized carbons (Fsp3) is 0.290. The van der Waals surface area contributed by atoms with Crippen LogP contribution in [0.1, 0.15) is 72.3 Å². The van der Waals surface area contributed by atoms with Crippen LogP contribution >= 0.6 is 11.6 Å². The van der Waals surface area contributed by atoms with Gasteiger partial charge in [-0.2, -0.15) is 9.78 Å². The summed E-state index contributed by atoms with van der Waals surface area (Å²) >= 11 is 6.62. The van der Waals surface area contributed by atoms with Crippen molar-refractivity contribution in [2.45, 2.75) is 51.6 Å². The van der Waals surface area contributed by atoms with E-state index in [4.69, 9.17) is 26.1 Å². The summed E-state index contributed by atoms with van der Waals surface area (Å²) in [5.74, 6) is 0.600. The molecule has 1 fully saturated rings. The number of carboxylic acid groups (broad SMARTS) is 1. The lowest BCUT2D eigenvalue weighted by atomic mass is 9.88. The van der Waals surface area contributed by atoms with Gasteiger partial charge in [0.05, 0.1) is 34.3 Å². The van der Waals surface area contributed by atoms with Gasteiger partial charge in [0.25, 0.3) is 5.56 Å². The Hall–Kier alpha value is -4.17. The van der Waals surface area contributed by atoms with Crippen molar-refractivity contribution in [1.82, 2.24) is 9.66 Å². The van der Waals surface area contributed by atoms with Gasteiger partial charge in [-0.3, -0.25) is 4.79 Å². The average Bonchev–Trinajstić information content (AvgIpc) is 2.97. The van der Waals surface area contributed by atoms with Gasteiger partial charge in [0.15, 0.2) is 11.5 Å². The molecule has 9 heteroatoms. The lowest BCUT2D eigenvalue weighted by Crippen LogP contribution is -2.25. The molecular weight excluding hydrogens is 530 g/mol. The molecule has 1 N–H and O–H groups in total. The van der Waals surface area contributed by atoms with E-state index in [-0.39, 0.29) is 23.6 Å². The van der Waals surface area contributed by atoms with E-state index in [0.29, 0.717) is 51.0 Å². The van der Waals surface area contributed by atoms with Crippen LogP contribution in [0, 0.1) is 0 Å². The molecule has 0 spiro atoms. The van der Waals surface area contributed by atoms with Crippen LogP contribution in [0.25, 0.3) is 10.9 Å². The summed E-state index contributed by atoms with van der Waals surface area (Å²) < 4.78 is 13.2. The smallest absolute Gasteiger partial charge is 0.335 e. The highest BCUT2D eigenvalue weighted by atomic mass is 35.5. The molecule has 0 bridgehead atoms. The minimum absolute atomic E-state index is 0.108. The minimum Gasteiger partial charge on any atom is -0.490 e. The lowest BCUT2D eigenvalue weighted by molar-refractivity contribution is 0.0696. The molecule has 206 valence electrons. The molecule has 0 unspecified atom stereocenters. The van der Waals surface area contributed by atoms with Crippen LogP contribution in [0.15, 0.2) is 70.6 Å². The second kappa shape index (κ2) is 12.3. The van der Waals surface area contributed by atoms with Gasteiger partial charge in [-0.1, -0.05) is 55.1 Å². The maximum atomic E-state index is 13.5. The number of aromatic carboxylic acids is 1. The fourth-order valence-corrected chi connectivity index (χ4v) is 5.29. The Labute approximate surface area is 236 Å². The molecular formula is C31H30ClN3O5. The van der Waals surface area contributed by atoms with Gasteiger partial charge in [-0.05, 0) is 67.3 Å². The van der Waals surface area contributed by atoms with Crippen LogP contribution in [0.5, 0.6) is 11.5 Å². The van der Waals surface area contributed by atoms with Gasteiger partial charge in [0, 0.05) is 5.92 Å². The monoisotopic (exact) mass is 559 g/mol. The second-order valence-corrected chi connectivity index (χ2v) is 10.1. The SMILES string of the molecule is CCOc1cc(C=Nn2c(C3CCCCC3)nc3ccccc3c2=O)cc(Cl)c1OCc1cccc(C(=O)O)c1. The van der Waals surface area contributed by atoms with E-state index in [1.54, 1.807) is 42.6 Å². The summed E-state index contributed by atoms with van der Waals surface area (Å²) in [6.07, 6.45) is 6.93. The zero-order valence-corrected chi connectivity index (χ0v) is 22.9. The molecule has 1 saturated carbocycles. The number of rotatable bonds is 9. The fourth-order valence-electron chi connectivity index (χ4n) is 5.02. The Kier molecular flexibility index (Phi) is 8.45. The highest BCUT2D eigenvalue weighted by Crippen LogP contribution is 2.37. The summed E-state index contributed by atoms with van der Waals surface area (Å²) in [6.45, 7) is 2.34. The molecule has 1 aliphatic rings. The van der Waals surface area contributed by atoms with Crippen molar-refractivity contribution >= 4 is 34.7 Å². The van der Waals surface area contributed by atoms with Crippen LogP contribution in [-0.2, 0) is 6.61 Å². The molecule has 0 radical (unpaired) electrons. The molecule has 0 amide bonds. The highest BCUT2D eigenvalue weighted by Gasteiger charge is 2.22. The van der Waals surface area contributed by atoms with Crippen LogP contribution < -0.4 is 15.0 Å². The molecule has 3 aromatic carbocycles. The zero-order chi connectivity index (χ0) is 28.1. The summed E-state index contributed by atoms with van der Waals surface area (Å²) in [7, 11) is 0. The van der Waals surface area contributed by atoms with Crippen LogP contribution in [-0.4, -0.2) is 33.6 Å². The normalized spacial score (nSPS) is 14.1. The largest absolute Gasteiger partial charge is 0.490 e. The number of nitrogens with zero attached hydrogens (tertiary/aromatic N) is 3. The van der Waals surface area contributed by atoms with E-state index in [0.717, 1.165) is 25.7 Å². The predicted octanol–water partition coefficient (Wildman–Crippen LogP) is 6.66. The molecule has 1 aromatic heterocycles. The number of benzene rings is 3. The molecule has 40 heavy (non-hydrogen) atoms. The average molecular weight is 560 g/mol. The Morgan fingerprint density at radius 1 is 1.10 bits per heavy atom. The van der Waals surface area contributed by atoms with Crippen molar-refractivity contribution in [3.63, 3.8) is 0 Å². The summed E-state index contributed by atoms with van der Waals surface area (Å²) in [5.41, 5.74) is 1.96. The summed E-state index contributed by atoms with van der Waals surface area (Å²) in [6, 6.07) is 17.3. The predicted molar refractivity (Wildman–Crippen MR) is 155 cm³/mol. The van der Waals surface area contributed by atoms with Crippen molar-refractivity contribution in [1.29, 1.82) is 0 Å². The zero-order valence-electron chi connectivity index (χ0n) is 22.2. The van der Waals surface area contributed by atoms with Gasteiger partial charge < -0.3 is 14.6 Å². The Morgan fingerprint density at radius 3 is 2.67 bits per heavy atom. The number of ether oxygens (including phenoxy) is 2. The molecule has 4 aromatic rings. The van der Waals surface area contributed by atoms with Gasteiger partial charge in [0.2, 0.25) is 0 Å². The molecule has 0 saturated heterocycles. The standard InChI is InChI=1S/C31H30ClN3O5/c1-2-39-27-17-21(16-25(32)28(27)40-19-20-9-8-12-23(15-20)31(37)38)18-33-35-29(22-10-4-3-5-11-22)34-26-14-7-6-13-24(26)30(35)36/h6-9,12-18,22H,2-5,10-11,19H2,1H3,(H,37,38). The second-order valence-electron chi connectivity index (χ2n) is 9.74. The van der Waals surface area contributed by atoms with E-state index in [2.05, 4.69) is 5.10 Å². The maximum absolute atomic E-state index is 13.5. The topological polar surface area (TPSA) is 103 Å². The Morgan fingerprint density at radius 2 is 1.90 bits per heavy atom. The van der Waals surface area contributed by atoms with E-state index >= 15 is 0 Å². The first kappa shape index (κ1) is 27.4. The van der Waals surface area contributed by atoms with Gasteiger partial charge in [-0.25, -0.2) is 9.78 Å². The van der Waals surface area contributed by atoms with Crippen molar-refractivity contribution in [2.75, 3.05) is 6.61 Å². The van der Waals surface area contributed by atoms with Crippen LogP contribution in [0.3, 0.4) is 0 Å². The van der Waals surface area contributed by atoms with E-state index in [9.17, 15) is 14.7 Å². The van der Waals surface area contributed by atoms with E-state index in [1.165, 1.54) is 17.2 Å². The van der Waals surface area contributed by atoms with Crippen molar-refractivity contribution in [3.05, 3.63) is 98.6 Å². The Bertz CT molecular complexity index is 1630. The van der Waals surface area contributed by atoms with Gasteiger partial charge in [-0.15, -0.1) is 0 Å². The quantitative estimate of drug-likeness (QED) is 0.230. The van der Waals surface area contributed by atoms with Crippen molar-refractivity contribution < 1.29 is 19.4 Å². The first-order valence-electron chi connectivity index (χ1n) is 13.4. The number of carboxylic acids is 1. The Balaban J connectivity index is 1.47. The summed E-state index contributed by atoms with van der Waals surface area (Å²) in [5, 5.41) is 14.7. The minimum atomic E-state index is -1.01. The third-order valence-corrected chi connectivity index (χ3v) is 7.24. The number of para-hydroxylation sites is 1. The van der Waals surface area contributed by atoms with Crippen molar-refractivity contribution in [2.24, 2.45) is 5.10 Å². The van der Waals surface area contributed by atoms with Gasteiger partial charge in [0.1, 0.15) is 12.4 Å². The van der Waals surface area contributed by atoms with Gasteiger partial charge >= 0.3 is 5.97 Å². The molecule has 8 nitrogen and oxygen atoms in total. The molecule has 1 aliphatic carbocycles. The van der Waals surface area contributed by atoms with E-state index < -0.39 is 5.97 Å². The first-order chi connectivity index (χ1) is 19.4. The highest BCUT2D eigenvalue weighted by molar-refractivity contribution is 6.32. The number of hydrogen-bond donors (Lipinski definition) is 1. The third kappa shape index (κ3) is 6.02. The lowest BCUT2D eigenvalue weighted by Gasteiger charge is -2.22. The van der Waals surface area contributed by atoms with Crippen LogP contribution in [0.4, 0.5) is 0 Å². The number of halogens is 1. The number of carbonyl (C=O) groups is 1. The third-order valence-electron chi connectivity index (χ3n) is 6.96. The summed E-state index contributed by atoms with van der Waals surface area (Å²) in [4.78, 5) is 29.7. The van der Waals surface area contributed by atoms with Crippen molar-refractivity contribution in [3.8, 4) is 11.5 Å². The maximum Gasteiger partial charge on any atom is 0.335 e. The number of fused-ring (bicyclic) bond motifs is 1. The molecule has 5 rings (SSSR count). The molecule has 0 atom stereocenters. The number of aromatic nitrogens is 2. The number of hydrogen-bond acceptors (Lipinski definition) is 6.